The smallest absolute Gasteiger partial charge is 0.223 e. The number of nitrogens with zero attached hydrogens (tertiary/aromatic N) is 2. The zero-order valence-electron chi connectivity index (χ0n) is 13.6. The lowest BCUT2D eigenvalue weighted by Crippen LogP contribution is -2.27. The first-order valence-electron chi connectivity index (χ1n) is 8.36. The molecule has 1 heterocycles. The fourth-order valence-electron chi connectivity index (χ4n) is 2.51. The third-order valence-electron chi connectivity index (χ3n) is 3.96. The summed E-state index contributed by atoms with van der Waals surface area (Å²) in [5.74, 6) is 6.50. The van der Waals surface area contributed by atoms with Crippen LogP contribution in [-0.4, -0.2) is 55.5 Å². The van der Waals surface area contributed by atoms with Gasteiger partial charge in [-0.25, -0.2) is 0 Å². The molecule has 0 atom stereocenters. The van der Waals surface area contributed by atoms with Crippen LogP contribution in [-0.2, 0) is 4.79 Å². The summed E-state index contributed by atoms with van der Waals surface area (Å²) in [5, 5.41) is 0. The van der Waals surface area contributed by atoms with Crippen molar-refractivity contribution < 1.29 is 4.79 Å². The molecule has 0 aromatic heterocycles. The van der Waals surface area contributed by atoms with Crippen molar-refractivity contribution in [3.05, 3.63) is 0 Å². The van der Waals surface area contributed by atoms with Crippen molar-refractivity contribution in [1.82, 2.24) is 9.80 Å². The van der Waals surface area contributed by atoms with Crippen LogP contribution >= 0.6 is 0 Å². The maximum atomic E-state index is 11.9. The topological polar surface area (TPSA) is 49.6 Å². The molecular weight excluding hydrogens is 262 g/mol. The maximum Gasteiger partial charge on any atom is 0.223 e. The van der Waals surface area contributed by atoms with Gasteiger partial charge < -0.3 is 10.6 Å². The van der Waals surface area contributed by atoms with E-state index < -0.39 is 0 Å². The van der Waals surface area contributed by atoms with E-state index in [1.165, 1.54) is 38.8 Å². The van der Waals surface area contributed by atoms with Crippen LogP contribution < -0.4 is 5.73 Å². The zero-order chi connectivity index (χ0) is 15.3. The molecule has 0 aromatic carbocycles. The van der Waals surface area contributed by atoms with Gasteiger partial charge in [0.1, 0.15) is 0 Å². The molecule has 0 bridgehead atoms. The molecule has 0 spiro atoms. The first-order chi connectivity index (χ1) is 10.2. The Morgan fingerprint density at radius 2 is 1.76 bits per heavy atom. The quantitative estimate of drug-likeness (QED) is 0.521. The van der Waals surface area contributed by atoms with Crippen molar-refractivity contribution in [2.24, 2.45) is 5.73 Å². The summed E-state index contributed by atoms with van der Waals surface area (Å²) in [6, 6.07) is 0. The Morgan fingerprint density at radius 1 is 1.10 bits per heavy atom. The molecule has 1 amide bonds. The molecule has 0 radical (unpaired) electrons. The molecule has 2 N–H and O–H groups in total. The molecule has 1 rings (SSSR count). The molecule has 0 aromatic rings. The minimum atomic E-state index is 0.212. The van der Waals surface area contributed by atoms with E-state index in [1.807, 2.05) is 7.05 Å². The van der Waals surface area contributed by atoms with Crippen molar-refractivity contribution in [2.75, 3.05) is 39.8 Å². The largest absolute Gasteiger partial charge is 0.335 e. The second-order valence-electron chi connectivity index (χ2n) is 5.89. The fourth-order valence-corrected chi connectivity index (χ4v) is 2.51. The number of rotatable bonds is 9. The summed E-state index contributed by atoms with van der Waals surface area (Å²) in [6.45, 7) is 4.53. The van der Waals surface area contributed by atoms with Gasteiger partial charge >= 0.3 is 0 Å². The Labute approximate surface area is 130 Å². The second kappa shape index (κ2) is 11.6. The number of likely N-dealkylation sites (tertiary alicyclic amines) is 1. The summed E-state index contributed by atoms with van der Waals surface area (Å²) in [5.41, 5.74) is 5.45. The highest BCUT2D eigenvalue weighted by atomic mass is 16.2. The summed E-state index contributed by atoms with van der Waals surface area (Å²) in [4.78, 5) is 16.0. The average Bonchev–Trinajstić information content (AvgIpc) is 3.00. The lowest BCUT2D eigenvalue weighted by Gasteiger charge is -2.14. The third-order valence-corrected chi connectivity index (χ3v) is 3.96. The number of carbonyl (C=O) groups is 1. The lowest BCUT2D eigenvalue weighted by molar-refractivity contribution is -0.129. The van der Waals surface area contributed by atoms with Gasteiger partial charge in [-0.05, 0) is 45.3 Å². The molecule has 0 aliphatic carbocycles. The first-order valence-corrected chi connectivity index (χ1v) is 8.36. The number of nitrogens with two attached hydrogens (primary N) is 1. The molecule has 0 saturated carbocycles. The highest BCUT2D eigenvalue weighted by molar-refractivity contribution is 5.76. The molecule has 21 heavy (non-hydrogen) atoms. The zero-order valence-corrected chi connectivity index (χ0v) is 13.6. The summed E-state index contributed by atoms with van der Waals surface area (Å²) in [7, 11) is 1.85. The van der Waals surface area contributed by atoms with Gasteiger partial charge in [0, 0.05) is 13.5 Å². The first kappa shape index (κ1) is 18.0. The Kier molecular flexibility index (Phi) is 9.94. The van der Waals surface area contributed by atoms with Gasteiger partial charge in [-0.2, -0.15) is 0 Å². The van der Waals surface area contributed by atoms with Crippen LogP contribution in [0.15, 0.2) is 0 Å². The minimum Gasteiger partial charge on any atom is -0.335 e. The number of hydrogen-bond donors (Lipinski definition) is 1. The van der Waals surface area contributed by atoms with Crippen LogP contribution in [0.5, 0.6) is 0 Å². The van der Waals surface area contributed by atoms with Gasteiger partial charge in [-0.3, -0.25) is 9.69 Å². The molecule has 1 aliphatic rings. The second-order valence-corrected chi connectivity index (χ2v) is 5.89. The number of unbranched alkanes of at least 4 members (excludes halogenated alkanes) is 4. The normalized spacial score (nSPS) is 14.8. The van der Waals surface area contributed by atoms with Crippen LogP contribution in [0.1, 0.15) is 51.4 Å². The Bertz CT molecular complexity index is 340. The predicted octanol–water partition coefficient (Wildman–Crippen LogP) is 1.84. The van der Waals surface area contributed by atoms with Gasteiger partial charge in [0.25, 0.3) is 0 Å². The van der Waals surface area contributed by atoms with E-state index in [9.17, 15) is 4.79 Å². The Morgan fingerprint density at radius 3 is 2.48 bits per heavy atom. The monoisotopic (exact) mass is 293 g/mol. The summed E-state index contributed by atoms with van der Waals surface area (Å²) >= 11 is 0. The Balaban J connectivity index is 2.03. The fraction of sp³-hybridized carbons (Fsp3) is 0.824. The van der Waals surface area contributed by atoms with Gasteiger partial charge in [-0.1, -0.05) is 31.1 Å². The van der Waals surface area contributed by atoms with Gasteiger partial charge in [0.15, 0.2) is 0 Å². The SMILES string of the molecule is CN(CC#CCN1CCCC1)C(=O)CCCCCCCN. The molecule has 4 nitrogen and oxygen atoms in total. The predicted molar refractivity (Wildman–Crippen MR) is 87.8 cm³/mol. The van der Waals surface area contributed by atoms with Crippen molar-refractivity contribution in [2.45, 2.75) is 51.4 Å². The molecule has 1 fully saturated rings. The van der Waals surface area contributed by atoms with E-state index in [0.29, 0.717) is 13.0 Å². The average molecular weight is 293 g/mol. The van der Waals surface area contributed by atoms with E-state index in [4.69, 9.17) is 5.73 Å². The van der Waals surface area contributed by atoms with Crippen molar-refractivity contribution in [3.8, 4) is 11.8 Å². The maximum absolute atomic E-state index is 11.9. The lowest BCUT2D eigenvalue weighted by atomic mass is 10.1. The van der Waals surface area contributed by atoms with Crippen molar-refractivity contribution in [1.29, 1.82) is 0 Å². The molecular formula is C17H31N3O. The van der Waals surface area contributed by atoms with Crippen LogP contribution in [0.3, 0.4) is 0 Å². The standard InChI is InChI=1S/C17H31N3O/c1-19(13-7-8-14-20-15-9-10-16-20)17(21)11-5-3-2-4-6-12-18/h2-6,9-16,18H2,1H3. The molecule has 120 valence electrons. The van der Waals surface area contributed by atoms with Crippen molar-refractivity contribution in [3.63, 3.8) is 0 Å². The number of carbonyl (C=O) groups excluding carboxylic acids is 1. The van der Waals surface area contributed by atoms with Gasteiger partial charge in [0.05, 0.1) is 13.1 Å². The van der Waals surface area contributed by atoms with Gasteiger partial charge in [-0.15, -0.1) is 0 Å². The number of hydrogen-bond acceptors (Lipinski definition) is 3. The highest BCUT2D eigenvalue weighted by Gasteiger charge is 2.09. The van der Waals surface area contributed by atoms with Crippen LogP contribution in [0, 0.1) is 11.8 Å². The Hall–Kier alpha value is -1.05. The summed E-state index contributed by atoms with van der Waals surface area (Å²) < 4.78 is 0. The number of amides is 1. The molecule has 1 saturated heterocycles. The summed E-state index contributed by atoms with van der Waals surface area (Å²) in [6.07, 6.45) is 8.81. The molecule has 4 heteroatoms. The van der Waals surface area contributed by atoms with E-state index in [1.54, 1.807) is 4.90 Å². The van der Waals surface area contributed by atoms with E-state index in [2.05, 4.69) is 16.7 Å². The van der Waals surface area contributed by atoms with Crippen LogP contribution in [0.2, 0.25) is 0 Å². The minimum absolute atomic E-state index is 0.212. The van der Waals surface area contributed by atoms with E-state index in [-0.39, 0.29) is 5.91 Å². The van der Waals surface area contributed by atoms with E-state index in [0.717, 1.165) is 32.4 Å². The van der Waals surface area contributed by atoms with Crippen molar-refractivity contribution >= 4 is 5.91 Å². The van der Waals surface area contributed by atoms with E-state index >= 15 is 0 Å². The molecule has 1 aliphatic heterocycles. The van der Waals surface area contributed by atoms with Crippen LogP contribution in [0.25, 0.3) is 0 Å². The molecule has 0 unspecified atom stereocenters. The highest BCUT2D eigenvalue weighted by Crippen LogP contribution is 2.06. The van der Waals surface area contributed by atoms with Crippen LogP contribution in [0.4, 0.5) is 0 Å². The van der Waals surface area contributed by atoms with Gasteiger partial charge in [0.2, 0.25) is 5.91 Å². The third kappa shape index (κ3) is 8.75.